The summed E-state index contributed by atoms with van der Waals surface area (Å²) >= 11 is 0. The Morgan fingerprint density at radius 1 is 1.06 bits per heavy atom. The molecule has 0 saturated heterocycles. The smallest absolute Gasteiger partial charge is 0.266 e. The van der Waals surface area contributed by atoms with Crippen molar-refractivity contribution >= 4 is 16.8 Å². The summed E-state index contributed by atoms with van der Waals surface area (Å²) in [5.41, 5.74) is 3.64. The Morgan fingerprint density at radius 3 is 2.41 bits per heavy atom. The van der Waals surface area contributed by atoms with Gasteiger partial charge in [-0.05, 0) is 62.1 Å². The van der Waals surface area contributed by atoms with Gasteiger partial charge in [0.15, 0.2) is 0 Å². The largest absolute Gasteiger partial charge is 0.332 e. The van der Waals surface area contributed by atoms with Crippen molar-refractivity contribution in [3.05, 3.63) is 69.8 Å². The first-order valence-corrected chi connectivity index (χ1v) is 11.7. The number of unbranched alkanes of at least 4 members (excludes halogenated alkanes) is 1. The molecule has 1 heterocycles. The maximum atomic E-state index is 13.7. The van der Waals surface area contributed by atoms with Crippen LogP contribution in [0.25, 0.3) is 16.6 Å². The maximum Gasteiger partial charge on any atom is 0.266 e. The fraction of sp³-hybridized carbons (Fsp3) is 0.444. The Bertz CT molecular complexity index is 1160. The predicted molar refractivity (Wildman–Crippen MR) is 131 cm³/mol. The molecule has 170 valence electrons. The van der Waals surface area contributed by atoms with Crippen LogP contribution < -0.4 is 5.56 Å². The molecule has 0 bridgehead atoms. The Hall–Kier alpha value is -2.95. The molecule has 1 aromatic heterocycles. The fourth-order valence-corrected chi connectivity index (χ4v) is 4.11. The van der Waals surface area contributed by atoms with Crippen molar-refractivity contribution in [1.29, 1.82) is 0 Å². The van der Waals surface area contributed by atoms with Crippen LogP contribution in [0.15, 0.2) is 47.3 Å². The third kappa shape index (κ3) is 4.62. The number of benzene rings is 2. The monoisotopic (exact) mass is 433 g/mol. The van der Waals surface area contributed by atoms with Crippen LogP contribution in [-0.2, 0) is 4.79 Å². The van der Waals surface area contributed by atoms with Crippen LogP contribution in [0, 0.1) is 19.8 Å². The lowest BCUT2D eigenvalue weighted by atomic mass is 10.1. The van der Waals surface area contributed by atoms with Crippen LogP contribution in [-0.4, -0.2) is 26.9 Å². The first-order chi connectivity index (χ1) is 15.3. The molecule has 0 N–H and O–H groups in total. The van der Waals surface area contributed by atoms with E-state index in [9.17, 15) is 9.59 Å². The number of fused-ring (bicyclic) bond motifs is 1. The molecule has 3 rings (SSSR count). The Morgan fingerprint density at radius 2 is 1.78 bits per heavy atom. The Balaban J connectivity index is 2.31. The summed E-state index contributed by atoms with van der Waals surface area (Å²) in [4.78, 5) is 33.9. The van der Waals surface area contributed by atoms with E-state index in [0.717, 1.165) is 24.1 Å². The van der Waals surface area contributed by atoms with Crippen LogP contribution in [0.4, 0.5) is 0 Å². The summed E-state index contributed by atoms with van der Waals surface area (Å²) in [6, 6.07) is 13.2. The molecule has 5 nitrogen and oxygen atoms in total. The molecule has 0 unspecified atom stereocenters. The van der Waals surface area contributed by atoms with Gasteiger partial charge in [0.25, 0.3) is 5.56 Å². The topological polar surface area (TPSA) is 55.2 Å². The van der Waals surface area contributed by atoms with Gasteiger partial charge in [0, 0.05) is 12.5 Å². The van der Waals surface area contributed by atoms with Gasteiger partial charge in [-0.1, -0.05) is 52.3 Å². The number of aromatic nitrogens is 2. The van der Waals surface area contributed by atoms with E-state index in [1.807, 2.05) is 68.1 Å². The number of nitrogens with zero attached hydrogens (tertiary/aromatic N) is 3. The SMILES string of the molecule is CCCCN(C(=O)C(C)C)[C@@H](CC)c1nc2ccccc2c(=O)n1-c1ccc(C)c(C)c1. The van der Waals surface area contributed by atoms with E-state index < -0.39 is 0 Å². The van der Waals surface area contributed by atoms with Gasteiger partial charge in [0.1, 0.15) is 5.82 Å². The first kappa shape index (κ1) is 23.7. The van der Waals surface area contributed by atoms with E-state index in [-0.39, 0.29) is 23.4 Å². The first-order valence-electron chi connectivity index (χ1n) is 11.7. The molecule has 1 atom stereocenters. The Kier molecular flexibility index (Phi) is 7.49. The summed E-state index contributed by atoms with van der Waals surface area (Å²) in [5.74, 6) is 0.604. The highest BCUT2D eigenvalue weighted by Crippen LogP contribution is 2.28. The number of rotatable bonds is 8. The minimum Gasteiger partial charge on any atom is -0.332 e. The molecular weight excluding hydrogens is 398 g/mol. The number of para-hydroxylation sites is 1. The number of hydrogen-bond acceptors (Lipinski definition) is 3. The maximum absolute atomic E-state index is 13.7. The second kappa shape index (κ2) is 10.1. The zero-order valence-electron chi connectivity index (χ0n) is 20.2. The molecule has 0 aliphatic heterocycles. The van der Waals surface area contributed by atoms with Crippen molar-refractivity contribution in [1.82, 2.24) is 14.5 Å². The number of hydrogen-bond donors (Lipinski definition) is 0. The highest BCUT2D eigenvalue weighted by atomic mass is 16.2. The van der Waals surface area contributed by atoms with Gasteiger partial charge in [0.2, 0.25) is 5.91 Å². The summed E-state index contributed by atoms with van der Waals surface area (Å²) in [7, 11) is 0. The summed E-state index contributed by atoms with van der Waals surface area (Å²) in [6.45, 7) is 12.8. The second-order valence-corrected chi connectivity index (χ2v) is 8.86. The number of amides is 1. The summed E-state index contributed by atoms with van der Waals surface area (Å²) in [5, 5.41) is 0.583. The lowest BCUT2D eigenvalue weighted by Gasteiger charge is -2.33. The van der Waals surface area contributed by atoms with Crippen molar-refractivity contribution in [2.75, 3.05) is 6.54 Å². The molecule has 3 aromatic rings. The molecular formula is C27H35N3O2. The zero-order chi connectivity index (χ0) is 23.4. The normalized spacial score (nSPS) is 12.3. The van der Waals surface area contributed by atoms with Gasteiger partial charge in [-0.15, -0.1) is 0 Å². The van der Waals surface area contributed by atoms with Gasteiger partial charge >= 0.3 is 0 Å². The van der Waals surface area contributed by atoms with E-state index in [1.165, 1.54) is 5.56 Å². The standard InChI is InChI=1S/C27H35N3O2/c1-7-9-16-29(26(31)18(3)4)24(8-2)25-28-23-13-11-10-12-22(23)27(32)30(25)21-15-14-19(5)20(6)17-21/h10-15,17-18,24H,7-9,16H2,1-6H3/t24-/m0/s1. The molecule has 0 spiro atoms. The number of carbonyl (C=O) groups is 1. The number of carbonyl (C=O) groups excluding carboxylic acids is 1. The fourth-order valence-electron chi connectivity index (χ4n) is 4.11. The van der Waals surface area contributed by atoms with Crippen molar-refractivity contribution in [2.45, 2.75) is 66.8 Å². The van der Waals surface area contributed by atoms with Crippen LogP contribution in [0.5, 0.6) is 0 Å². The van der Waals surface area contributed by atoms with Crippen molar-refractivity contribution in [2.24, 2.45) is 5.92 Å². The molecule has 0 radical (unpaired) electrons. The van der Waals surface area contributed by atoms with Gasteiger partial charge in [-0.25, -0.2) is 4.98 Å². The van der Waals surface area contributed by atoms with Gasteiger partial charge in [-0.3, -0.25) is 14.2 Å². The van der Waals surface area contributed by atoms with E-state index in [4.69, 9.17) is 4.98 Å². The molecule has 0 aliphatic carbocycles. The third-order valence-corrected chi connectivity index (χ3v) is 6.14. The van der Waals surface area contributed by atoms with Crippen LogP contribution in [0.2, 0.25) is 0 Å². The predicted octanol–water partition coefficient (Wildman–Crippen LogP) is 5.74. The molecule has 1 amide bonds. The lowest BCUT2D eigenvalue weighted by Crippen LogP contribution is -2.41. The van der Waals surface area contributed by atoms with Crippen LogP contribution in [0.3, 0.4) is 0 Å². The van der Waals surface area contributed by atoms with Gasteiger partial charge in [-0.2, -0.15) is 0 Å². The van der Waals surface area contributed by atoms with Crippen molar-refractivity contribution in [3.63, 3.8) is 0 Å². The van der Waals surface area contributed by atoms with Crippen LogP contribution in [0.1, 0.15) is 70.0 Å². The summed E-state index contributed by atoms with van der Waals surface area (Å²) in [6.07, 6.45) is 2.58. The van der Waals surface area contributed by atoms with E-state index >= 15 is 0 Å². The molecule has 2 aromatic carbocycles. The molecule has 5 heteroatoms. The quantitative estimate of drug-likeness (QED) is 0.455. The number of aryl methyl sites for hydroxylation is 2. The zero-order valence-corrected chi connectivity index (χ0v) is 20.2. The highest BCUT2D eigenvalue weighted by Gasteiger charge is 2.29. The van der Waals surface area contributed by atoms with E-state index in [0.29, 0.717) is 29.7 Å². The van der Waals surface area contributed by atoms with Crippen molar-refractivity contribution < 1.29 is 4.79 Å². The lowest BCUT2D eigenvalue weighted by molar-refractivity contribution is -0.137. The van der Waals surface area contributed by atoms with Crippen LogP contribution >= 0.6 is 0 Å². The Labute approximate surface area is 191 Å². The molecule has 0 fully saturated rings. The summed E-state index contributed by atoms with van der Waals surface area (Å²) < 4.78 is 1.72. The highest BCUT2D eigenvalue weighted by molar-refractivity contribution is 5.80. The van der Waals surface area contributed by atoms with E-state index in [1.54, 1.807) is 4.57 Å². The van der Waals surface area contributed by atoms with E-state index in [2.05, 4.69) is 20.8 Å². The average molecular weight is 434 g/mol. The van der Waals surface area contributed by atoms with Gasteiger partial charge < -0.3 is 4.90 Å². The average Bonchev–Trinajstić information content (AvgIpc) is 2.78. The molecule has 32 heavy (non-hydrogen) atoms. The minimum absolute atomic E-state index is 0.0966. The molecule has 0 aliphatic rings. The van der Waals surface area contributed by atoms with Crippen molar-refractivity contribution in [3.8, 4) is 5.69 Å². The van der Waals surface area contributed by atoms with Gasteiger partial charge in [0.05, 0.1) is 22.6 Å². The minimum atomic E-state index is -0.282. The second-order valence-electron chi connectivity index (χ2n) is 8.86. The third-order valence-electron chi connectivity index (χ3n) is 6.14. The molecule has 0 saturated carbocycles.